The Morgan fingerprint density at radius 3 is 2.84 bits per heavy atom. The van der Waals surface area contributed by atoms with Crippen molar-refractivity contribution in [2.45, 2.75) is 32.9 Å². The Labute approximate surface area is 144 Å². The second-order valence-corrected chi connectivity index (χ2v) is 5.74. The summed E-state index contributed by atoms with van der Waals surface area (Å²) in [4.78, 5) is 12.4. The first-order valence-corrected chi connectivity index (χ1v) is 7.78. The molecule has 0 saturated heterocycles. The highest BCUT2D eigenvalue weighted by molar-refractivity contribution is 5.62. The number of nitriles is 1. The number of fused-ring (bicyclic) bond motifs is 1. The average Bonchev–Trinajstić information content (AvgIpc) is 3.03. The summed E-state index contributed by atoms with van der Waals surface area (Å²) in [7, 11) is 0. The first-order chi connectivity index (χ1) is 12.0. The second kappa shape index (κ2) is 6.60. The van der Waals surface area contributed by atoms with Gasteiger partial charge in [-0.1, -0.05) is 0 Å². The fraction of sp³-hybridized carbons (Fsp3) is 0.312. The minimum absolute atomic E-state index is 0.0171. The van der Waals surface area contributed by atoms with Crippen molar-refractivity contribution in [3.05, 3.63) is 36.0 Å². The Bertz CT molecular complexity index is 943. The SMILES string of the molecule is CC(C)Oc1nc(C(C)Nc2ncnc(N)c2C#N)nn2cccc12. The van der Waals surface area contributed by atoms with E-state index in [9.17, 15) is 5.26 Å². The average molecular weight is 338 g/mol. The van der Waals surface area contributed by atoms with E-state index >= 15 is 0 Å². The summed E-state index contributed by atoms with van der Waals surface area (Å²) in [6, 6.07) is 5.43. The van der Waals surface area contributed by atoms with Gasteiger partial charge in [0, 0.05) is 6.20 Å². The van der Waals surface area contributed by atoms with Gasteiger partial charge in [-0.3, -0.25) is 0 Å². The number of nitrogens with one attached hydrogen (secondary N) is 1. The summed E-state index contributed by atoms with van der Waals surface area (Å²) in [5.41, 5.74) is 6.69. The van der Waals surface area contributed by atoms with Crippen molar-refractivity contribution in [2.75, 3.05) is 11.1 Å². The first kappa shape index (κ1) is 16.4. The molecule has 128 valence electrons. The minimum Gasteiger partial charge on any atom is -0.473 e. The molecule has 9 nitrogen and oxygen atoms in total. The molecule has 0 aliphatic carbocycles. The minimum atomic E-state index is -0.331. The van der Waals surface area contributed by atoms with Crippen molar-refractivity contribution in [3.8, 4) is 11.9 Å². The molecule has 0 fully saturated rings. The third kappa shape index (κ3) is 3.28. The third-order valence-electron chi connectivity index (χ3n) is 3.45. The van der Waals surface area contributed by atoms with E-state index in [4.69, 9.17) is 10.5 Å². The number of nitrogens with two attached hydrogens (primary N) is 1. The molecule has 1 atom stereocenters. The fourth-order valence-electron chi connectivity index (χ4n) is 2.30. The predicted molar refractivity (Wildman–Crippen MR) is 91.9 cm³/mol. The summed E-state index contributed by atoms with van der Waals surface area (Å²) < 4.78 is 7.50. The Morgan fingerprint density at radius 2 is 2.12 bits per heavy atom. The van der Waals surface area contributed by atoms with Gasteiger partial charge in [-0.05, 0) is 32.9 Å². The van der Waals surface area contributed by atoms with Crippen LogP contribution in [0.25, 0.3) is 5.52 Å². The van der Waals surface area contributed by atoms with Crippen molar-refractivity contribution in [1.29, 1.82) is 5.26 Å². The van der Waals surface area contributed by atoms with Crippen LogP contribution in [0.2, 0.25) is 0 Å². The van der Waals surface area contributed by atoms with Gasteiger partial charge in [0.05, 0.1) is 12.1 Å². The number of ether oxygens (including phenoxy) is 1. The molecule has 0 aromatic carbocycles. The Balaban J connectivity index is 1.96. The monoisotopic (exact) mass is 338 g/mol. The van der Waals surface area contributed by atoms with Crippen molar-refractivity contribution in [3.63, 3.8) is 0 Å². The number of hydrogen-bond donors (Lipinski definition) is 2. The maximum absolute atomic E-state index is 9.23. The Morgan fingerprint density at radius 1 is 1.32 bits per heavy atom. The molecule has 3 rings (SSSR count). The topological polar surface area (TPSA) is 127 Å². The smallest absolute Gasteiger partial charge is 0.242 e. The van der Waals surface area contributed by atoms with Crippen LogP contribution in [-0.4, -0.2) is 30.7 Å². The lowest BCUT2D eigenvalue weighted by molar-refractivity contribution is 0.233. The van der Waals surface area contributed by atoms with Gasteiger partial charge in [0.1, 0.15) is 35.1 Å². The molecule has 0 aliphatic heterocycles. The quantitative estimate of drug-likeness (QED) is 0.722. The van der Waals surface area contributed by atoms with Gasteiger partial charge in [-0.25, -0.2) is 14.5 Å². The molecular weight excluding hydrogens is 320 g/mol. The highest BCUT2D eigenvalue weighted by Crippen LogP contribution is 2.24. The Hall–Kier alpha value is -3.41. The van der Waals surface area contributed by atoms with Crippen molar-refractivity contribution < 1.29 is 4.74 Å². The highest BCUT2D eigenvalue weighted by atomic mass is 16.5. The molecule has 9 heteroatoms. The normalized spacial score (nSPS) is 12.1. The number of aromatic nitrogens is 5. The number of anilines is 2. The first-order valence-electron chi connectivity index (χ1n) is 7.78. The maximum Gasteiger partial charge on any atom is 0.242 e. The molecule has 0 amide bonds. The molecule has 3 aromatic heterocycles. The van der Waals surface area contributed by atoms with E-state index < -0.39 is 0 Å². The lowest BCUT2D eigenvalue weighted by Gasteiger charge is -2.17. The van der Waals surface area contributed by atoms with Crippen molar-refractivity contribution in [2.24, 2.45) is 0 Å². The van der Waals surface area contributed by atoms with E-state index in [-0.39, 0.29) is 23.5 Å². The molecule has 3 N–H and O–H groups in total. The van der Waals surface area contributed by atoms with Crippen LogP contribution in [0.4, 0.5) is 11.6 Å². The molecular formula is C16H18N8O. The van der Waals surface area contributed by atoms with Crippen LogP contribution in [0.1, 0.15) is 38.2 Å². The summed E-state index contributed by atoms with van der Waals surface area (Å²) in [5, 5.41) is 16.8. The standard InChI is InChI=1S/C16H18N8O/c1-9(2)25-16-12-5-4-6-24(12)23-14(22-16)10(3)21-15-11(7-17)13(18)19-8-20-15/h4-6,8-10H,1-3H3,(H3,18,19,20,21). The van der Waals surface area contributed by atoms with E-state index in [1.165, 1.54) is 6.33 Å². The van der Waals surface area contributed by atoms with Crippen LogP contribution in [0.3, 0.4) is 0 Å². The molecule has 0 radical (unpaired) electrons. The predicted octanol–water partition coefficient (Wildman–Crippen LogP) is 1.93. The molecule has 1 unspecified atom stereocenters. The highest BCUT2D eigenvalue weighted by Gasteiger charge is 2.18. The molecule has 0 aliphatic rings. The number of hydrogen-bond acceptors (Lipinski definition) is 8. The molecule has 3 aromatic rings. The summed E-state index contributed by atoms with van der Waals surface area (Å²) in [6.45, 7) is 5.74. The number of nitrogens with zero attached hydrogens (tertiary/aromatic N) is 6. The van der Waals surface area contributed by atoms with Crippen LogP contribution in [0.5, 0.6) is 5.88 Å². The van der Waals surface area contributed by atoms with Crippen LogP contribution in [0, 0.1) is 11.3 Å². The zero-order valence-electron chi connectivity index (χ0n) is 14.1. The Kier molecular flexibility index (Phi) is 4.35. The van der Waals surface area contributed by atoms with Crippen LogP contribution >= 0.6 is 0 Å². The molecule has 0 spiro atoms. The van der Waals surface area contributed by atoms with Crippen LogP contribution < -0.4 is 15.8 Å². The second-order valence-electron chi connectivity index (χ2n) is 5.74. The van der Waals surface area contributed by atoms with E-state index in [0.717, 1.165) is 5.52 Å². The van der Waals surface area contributed by atoms with Crippen LogP contribution in [-0.2, 0) is 0 Å². The molecule has 3 heterocycles. The van der Waals surface area contributed by atoms with E-state index in [0.29, 0.717) is 17.5 Å². The van der Waals surface area contributed by atoms with Gasteiger partial charge in [-0.15, -0.1) is 0 Å². The van der Waals surface area contributed by atoms with Gasteiger partial charge < -0.3 is 15.8 Å². The largest absolute Gasteiger partial charge is 0.473 e. The fourth-order valence-corrected chi connectivity index (χ4v) is 2.30. The van der Waals surface area contributed by atoms with E-state index in [2.05, 4.69) is 25.4 Å². The molecule has 0 saturated carbocycles. The zero-order chi connectivity index (χ0) is 18.0. The number of rotatable bonds is 5. The lowest BCUT2D eigenvalue weighted by atomic mass is 10.2. The van der Waals surface area contributed by atoms with Gasteiger partial charge in [-0.2, -0.15) is 15.3 Å². The zero-order valence-corrected chi connectivity index (χ0v) is 14.1. The van der Waals surface area contributed by atoms with Crippen LogP contribution in [0.15, 0.2) is 24.7 Å². The third-order valence-corrected chi connectivity index (χ3v) is 3.45. The van der Waals surface area contributed by atoms with Gasteiger partial charge in [0.15, 0.2) is 5.82 Å². The molecule has 0 bridgehead atoms. The van der Waals surface area contributed by atoms with E-state index in [1.54, 1.807) is 4.52 Å². The molecule has 25 heavy (non-hydrogen) atoms. The van der Waals surface area contributed by atoms with Crippen molar-refractivity contribution in [1.82, 2.24) is 24.6 Å². The number of nitrogen functional groups attached to an aromatic ring is 1. The summed E-state index contributed by atoms with van der Waals surface area (Å²) in [6.07, 6.45) is 3.11. The van der Waals surface area contributed by atoms with Crippen molar-refractivity contribution >= 4 is 17.2 Å². The van der Waals surface area contributed by atoms with E-state index in [1.807, 2.05) is 45.2 Å². The summed E-state index contributed by atoms with van der Waals surface area (Å²) >= 11 is 0. The maximum atomic E-state index is 9.23. The lowest BCUT2D eigenvalue weighted by Crippen LogP contribution is -2.17. The van der Waals surface area contributed by atoms with Gasteiger partial charge in [0.25, 0.3) is 0 Å². The van der Waals surface area contributed by atoms with Gasteiger partial charge >= 0.3 is 0 Å². The summed E-state index contributed by atoms with van der Waals surface area (Å²) in [5.74, 6) is 1.46. The van der Waals surface area contributed by atoms with Gasteiger partial charge in [0.2, 0.25) is 5.88 Å².